The van der Waals surface area contributed by atoms with Gasteiger partial charge in [-0.1, -0.05) is 49.6 Å². The van der Waals surface area contributed by atoms with E-state index in [1.807, 2.05) is 7.05 Å². The lowest BCUT2D eigenvalue weighted by Crippen LogP contribution is -2.28. The van der Waals surface area contributed by atoms with Crippen LogP contribution in [0.15, 0.2) is 24.3 Å². The maximum absolute atomic E-state index is 6.37. The van der Waals surface area contributed by atoms with Gasteiger partial charge in [0, 0.05) is 6.54 Å². The van der Waals surface area contributed by atoms with Gasteiger partial charge in [-0.3, -0.25) is 0 Å². The minimum Gasteiger partial charge on any atom is -0.369 e. The molecule has 2 nitrogen and oxygen atoms in total. The molecule has 0 aromatic heterocycles. The van der Waals surface area contributed by atoms with E-state index in [4.69, 9.17) is 4.74 Å². The molecule has 19 heavy (non-hydrogen) atoms. The van der Waals surface area contributed by atoms with Gasteiger partial charge in [-0.25, -0.2) is 0 Å². The molecule has 0 aliphatic heterocycles. The van der Waals surface area contributed by atoms with E-state index in [0.717, 1.165) is 12.5 Å². The fourth-order valence-electron chi connectivity index (χ4n) is 2.95. The van der Waals surface area contributed by atoms with Crippen molar-refractivity contribution in [1.82, 2.24) is 5.32 Å². The van der Waals surface area contributed by atoms with Gasteiger partial charge in [0.2, 0.25) is 0 Å². The fourth-order valence-corrected chi connectivity index (χ4v) is 2.95. The summed E-state index contributed by atoms with van der Waals surface area (Å²) in [7, 11) is 1.99. The smallest absolute Gasteiger partial charge is 0.0952 e. The highest BCUT2D eigenvalue weighted by Crippen LogP contribution is 2.30. The first-order valence-corrected chi connectivity index (χ1v) is 7.55. The maximum Gasteiger partial charge on any atom is 0.0952 e. The number of hydrogen-bond donors (Lipinski definition) is 1. The number of nitrogens with one attached hydrogen (secondary N) is 1. The molecule has 0 bridgehead atoms. The molecule has 2 rings (SSSR count). The molecule has 0 saturated heterocycles. The van der Waals surface area contributed by atoms with Gasteiger partial charge in [0.1, 0.15) is 0 Å². The number of ether oxygens (including phenoxy) is 1. The van der Waals surface area contributed by atoms with Gasteiger partial charge in [0.05, 0.1) is 12.2 Å². The molecule has 1 aliphatic rings. The van der Waals surface area contributed by atoms with Gasteiger partial charge in [0.25, 0.3) is 0 Å². The summed E-state index contributed by atoms with van der Waals surface area (Å²) in [6.45, 7) is 5.35. The van der Waals surface area contributed by atoms with E-state index in [0.29, 0.717) is 6.10 Å². The summed E-state index contributed by atoms with van der Waals surface area (Å²) in [6.07, 6.45) is 5.72. The minimum absolute atomic E-state index is 0.181. The average molecular weight is 261 g/mol. The van der Waals surface area contributed by atoms with Crippen LogP contribution in [0.25, 0.3) is 0 Å². The summed E-state index contributed by atoms with van der Waals surface area (Å²) >= 11 is 0. The molecule has 1 N–H and O–H groups in total. The highest BCUT2D eigenvalue weighted by atomic mass is 16.5. The molecule has 2 heteroatoms. The van der Waals surface area contributed by atoms with Gasteiger partial charge in [-0.2, -0.15) is 0 Å². The third-order valence-corrected chi connectivity index (χ3v) is 4.08. The van der Waals surface area contributed by atoms with Crippen LogP contribution in [0.4, 0.5) is 0 Å². The van der Waals surface area contributed by atoms with Gasteiger partial charge in [0.15, 0.2) is 0 Å². The van der Waals surface area contributed by atoms with Crippen molar-refractivity contribution >= 4 is 0 Å². The van der Waals surface area contributed by atoms with Crippen LogP contribution in [0.3, 0.4) is 0 Å². The van der Waals surface area contributed by atoms with E-state index in [-0.39, 0.29) is 6.10 Å². The molecule has 3 atom stereocenters. The molecule has 1 aromatic carbocycles. The molecule has 1 saturated carbocycles. The molecule has 0 spiro atoms. The van der Waals surface area contributed by atoms with E-state index in [2.05, 4.69) is 43.4 Å². The Hall–Kier alpha value is -0.860. The number of benzene rings is 1. The Labute approximate surface area is 117 Å². The van der Waals surface area contributed by atoms with E-state index < -0.39 is 0 Å². The first kappa shape index (κ1) is 14.5. The summed E-state index contributed by atoms with van der Waals surface area (Å²) in [6, 6.07) is 8.74. The third-order valence-electron chi connectivity index (χ3n) is 4.08. The van der Waals surface area contributed by atoms with Crippen molar-refractivity contribution in [2.24, 2.45) is 5.92 Å². The monoisotopic (exact) mass is 261 g/mol. The maximum atomic E-state index is 6.37. The van der Waals surface area contributed by atoms with Crippen molar-refractivity contribution in [2.75, 3.05) is 13.6 Å². The first-order valence-electron chi connectivity index (χ1n) is 7.55. The van der Waals surface area contributed by atoms with Gasteiger partial charge >= 0.3 is 0 Å². The Kier molecular flexibility index (Phi) is 5.41. The number of hydrogen-bond acceptors (Lipinski definition) is 2. The molecule has 3 unspecified atom stereocenters. The van der Waals surface area contributed by atoms with Crippen LogP contribution in [0, 0.1) is 12.8 Å². The van der Waals surface area contributed by atoms with Crippen LogP contribution in [0.1, 0.15) is 49.8 Å². The molecule has 1 aliphatic carbocycles. The van der Waals surface area contributed by atoms with E-state index in [9.17, 15) is 0 Å². The lowest BCUT2D eigenvalue weighted by molar-refractivity contribution is -0.0388. The first-order chi connectivity index (χ1) is 9.19. The second kappa shape index (κ2) is 7.06. The predicted molar refractivity (Wildman–Crippen MR) is 80.4 cm³/mol. The second-order valence-electron chi connectivity index (χ2n) is 5.99. The lowest BCUT2D eigenvalue weighted by atomic mass is 9.88. The second-order valence-corrected chi connectivity index (χ2v) is 5.99. The van der Waals surface area contributed by atoms with Crippen molar-refractivity contribution in [3.05, 3.63) is 35.4 Å². The van der Waals surface area contributed by atoms with Crippen LogP contribution in [0.2, 0.25) is 0 Å². The lowest BCUT2D eigenvalue weighted by Gasteiger charge is -2.31. The Balaban J connectivity index is 2.01. The summed E-state index contributed by atoms with van der Waals surface area (Å²) < 4.78 is 6.37. The van der Waals surface area contributed by atoms with Crippen LogP contribution >= 0.6 is 0 Å². The Morgan fingerprint density at radius 1 is 1.26 bits per heavy atom. The standard InChI is InChI=1S/C17H27NO/c1-13-7-9-15(10-8-13)17(12-18-3)19-16-6-4-5-14(2)11-16/h7-10,14,16-18H,4-6,11-12H2,1-3H3. The summed E-state index contributed by atoms with van der Waals surface area (Å²) in [5.41, 5.74) is 2.59. The van der Waals surface area contributed by atoms with Crippen molar-refractivity contribution in [2.45, 2.75) is 51.7 Å². The van der Waals surface area contributed by atoms with Crippen LogP contribution in [0.5, 0.6) is 0 Å². The fraction of sp³-hybridized carbons (Fsp3) is 0.647. The van der Waals surface area contributed by atoms with Crippen molar-refractivity contribution in [3.8, 4) is 0 Å². The number of rotatable bonds is 5. The predicted octanol–water partition coefficient (Wildman–Crippen LogP) is 3.85. The van der Waals surface area contributed by atoms with Crippen LogP contribution in [-0.4, -0.2) is 19.7 Å². The summed E-state index contributed by atoms with van der Waals surface area (Å²) in [5.74, 6) is 0.812. The van der Waals surface area contributed by atoms with Crippen LogP contribution in [-0.2, 0) is 4.74 Å². The number of aryl methyl sites for hydroxylation is 1. The average Bonchev–Trinajstić information content (AvgIpc) is 2.39. The highest BCUT2D eigenvalue weighted by molar-refractivity contribution is 5.23. The van der Waals surface area contributed by atoms with Crippen LogP contribution < -0.4 is 5.32 Å². The topological polar surface area (TPSA) is 21.3 Å². The molecule has 106 valence electrons. The van der Waals surface area contributed by atoms with Crippen molar-refractivity contribution in [3.63, 3.8) is 0 Å². The Bertz CT molecular complexity index is 373. The zero-order valence-electron chi connectivity index (χ0n) is 12.5. The Morgan fingerprint density at radius 3 is 2.63 bits per heavy atom. The zero-order valence-corrected chi connectivity index (χ0v) is 12.5. The number of likely N-dealkylation sites (N-methyl/N-ethyl adjacent to an activating group) is 1. The molecule has 0 radical (unpaired) electrons. The Morgan fingerprint density at radius 2 is 2.00 bits per heavy atom. The van der Waals surface area contributed by atoms with Gasteiger partial charge < -0.3 is 10.1 Å². The molecule has 0 amide bonds. The van der Waals surface area contributed by atoms with Crippen molar-refractivity contribution in [1.29, 1.82) is 0 Å². The molecule has 1 fully saturated rings. The molecule has 0 heterocycles. The molecular formula is C17H27NO. The van der Waals surface area contributed by atoms with Gasteiger partial charge in [-0.15, -0.1) is 0 Å². The van der Waals surface area contributed by atoms with E-state index in [1.165, 1.54) is 36.8 Å². The van der Waals surface area contributed by atoms with E-state index in [1.54, 1.807) is 0 Å². The SMILES string of the molecule is CNCC(OC1CCCC(C)C1)c1ccc(C)cc1. The molecule has 1 aromatic rings. The minimum atomic E-state index is 0.181. The van der Waals surface area contributed by atoms with Gasteiger partial charge in [-0.05, 0) is 38.3 Å². The third kappa shape index (κ3) is 4.32. The quantitative estimate of drug-likeness (QED) is 0.869. The summed E-state index contributed by atoms with van der Waals surface area (Å²) in [5, 5.41) is 3.26. The highest BCUT2D eigenvalue weighted by Gasteiger charge is 2.23. The largest absolute Gasteiger partial charge is 0.369 e. The van der Waals surface area contributed by atoms with E-state index >= 15 is 0 Å². The zero-order chi connectivity index (χ0) is 13.7. The molecular weight excluding hydrogens is 234 g/mol. The summed E-state index contributed by atoms with van der Waals surface area (Å²) in [4.78, 5) is 0. The normalized spacial score (nSPS) is 25.2. The van der Waals surface area contributed by atoms with Crippen molar-refractivity contribution < 1.29 is 4.74 Å².